The van der Waals surface area contributed by atoms with Gasteiger partial charge in [-0.25, -0.2) is 13.4 Å². The Bertz CT molecular complexity index is 1740. The highest BCUT2D eigenvalue weighted by Crippen LogP contribution is 2.38. The van der Waals surface area contributed by atoms with E-state index in [2.05, 4.69) is 4.57 Å². The van der Waals surface area contributed by atoms with E-state index in [0.717, 1.165) is 49.0 Å². The number of hydrogen-bond acceptors (Lipinski definition) is 8. The zero-order valence-corrected chi connectivity index (χ0v) is 24.5. The third-order valence-corrected chi connectivity index (χ3v) is 8.92. The number of likely N-dealkylation sites (tertiary alicyclic amines) is 1. The first kappa shape index (κ1) is 27.5. The molecule has 4 heterocycles. The van der Waals surface area contributed by atoms with Gasteiger partial charge in [0.15, 0.2) is 5.82 Å². The number of methoxy groups -OCH3 is 2. The van der Waals surface area contributed by atoms with Crippen LogP contribution in [-0.2, 0) is 22.9 Å². The Hall–Kier alpha value is -3.64. The van der Waals surface area contributed by atoms with E-state index in [-0.39, 0.29) is 24.2 Å². The van der Waals surface area contributed by atoms with E-state index in [1.54, 1.807) is 31.3 Å². The van der Waals surface area contributed by atoms with Gasteiger partial charge in [0.05, 0.1) is 31.2 Å². The Labute approximate surface area is 239 Å². The summed E-state index contributed by atoms with van der Waals surface area (Å²) in [5.74, 6) is 1.93. The first-order chi connectivity index (χ1) is 19.6. The molecule has 0 radical (unpaired) electrons. The highest BCUT2D eigenvalue weighted by atomic mass is 32.2. The van der Waals surface area contributed by atoms with Gasteiger partial charge >= 0.3 is 0 Å². The Morgan fingerprint density at radius 2 is 1.88 bits per heavy atom. The van der Waals surface area contributed by atoms with Crippen LogP contribution < -0.4 is 15.2 Å². The molecule has 11 nitrogen and oxygen atoms in total. The zero-order valence-electron chi connectivity index (χ0n) is 23.7. The predicted molar refractivity (Wildman–Crippen MR) is 157 cm³/mol. The van der Waals surface area contributed by atoms with Crippen molar-refractivity contribution < 1.29 is 22.7 Å². The summed E-state index contributed by atoms with van der Waals surface area (Å²) < 4.78 is 39.8. The van der Waals surface area contributed by atoms with Crippen molar-refractivity contribution in [2.75, 3.05) is 39.3 Å². The minimum absolute atomic E-state index is 0.0410. The smallest absolute Gasteiger partial charge is 0.254 e. The van der Waals surface area contributed by atoms with Crippen LogP contribution in [0.3, 0.4) is 0 Å². The molecule has 2 fully saturated rings. The van der Waals surface area contributed by atoms with Crippen molar-refractivity contribution in [3.8, 4) is 23.1 Å². The minimum atomic E-state index is -3.28. The van der Waals surface area contributed by atoms with Gasteiger partial charge in [-0.1, -0.05) is 0 Å². The quantitative estimate of drug-likeness (QED) is 0.319. The standard InChI is InChI=1S/C29H36N6O5S/c1-39-24-15-20(29(36)33-10-4-5-21(30)17-33)13-22-26(24)34(11-12-41(3,37)38)28(31-22)23-14-19-8-9-25(40-2)32-27(19)35(23)16-18-6-7-18/h8-9,13-15,18,21H,4-7,10-12,16-17,30H2,1-3H3/t21-/m1/s1. The van der Waals surface area contributed by atoms with Crippen LogP contribution in [-0.4, -0.2) is 83.7 Å². The van der Waals surface area contributed by atoms with Gasteiger partial charge in [0.1, 0.15) is 26.8 Å². The first-order valence-electron chi connectivity index (χ1n) is 14.0. The lowest BCUT2D eigenvalue weighted by molar-refractivity contribution is 0.0708. The summed E-state index contributed by atoms with van der Waals surface area (Å²) in [6.45, 7) is 2.10. The summed E-state index contributed by atoms with van der Waals surface area (Å²) in [5, 5.41) is 0.937. The summed E-state index contributed by atoms with van der Waals surface area (Å²) in [5.41, 5.74) is 9.44. The Morgan fingerprint density at radius 1 is 1.07 bits per heavy atom. The molecule has 2 aliphatic rings. The molecule has 1 atom stereocenters. The first-order valence-corrected chi connectivity index (χ1v) is 16.1. The van der Waals surface area contributed by atoms with Gasteiger partial charge < -0.3 is 29.2 Å². The van der Waals surface area contributed by atoms with E-state index in [1.165, 1.54) is 6.26 Å². The highest BCUT2D eigenvalue weighted by Gasteiger charge is 2.29. The van der Waals surface area contributed by atoms with Gasteiger partial charge in [-0.15, -0.1) is 0 Å². The van der Waals surface area contributed by atoms with Crippen molar-refractivity contribution in [3.63, 3.8) is 0 Å². The molecule has 1 amide bonds. The number of carbonyl (C=O) groups excluding carboxylic acids is 1. The molecule has 0 unspecified atom stereocenters. The van der Waals surface area contributed by atoms with Crippen molar-refractivity contribution in [1.82, 2.24) is 24.0 Å². The molecule has 218 valence electrons. The number of ether oxygens (including phenoxy) is 2. The summed E-state index contributed by atoms with van der Waals surface area (Å²) in [6.07, 6.45) is 5.28. The molecule has 1 aliphatic heterocycles. The maximum atomic E-state index is 13.5. The predicted octanol–water partition coefficient (Wildman–Crippen LogP) is 3.09. The summed E-state index contributed by atoms with van der Waals surface area (Å²) >= 11 is 0. The Morgan fingerprint density at radius 3 is 2.56 bits per heavy atom. The molecule has 0 bridgehead atoms. The largest absolute Gasteiger partial charge is 0.494 e. The number of piperidine rings is 1. The summed E-state index contributed by atoms with van der Waals surface area (Å²) in [7, 11) is -0.136. The van der Waals surface area contributed by atoms with Crippen molar-refractivity contribution in [3.05, 3.63) is 35.9 Å². The number of nitrogens with zero attached hydrogens (tertiary/aromatic N) is 5. The fraction of sp³-hybridized carbons (Fsp3) is 0.483. The number of amides is 1. The van der Waals surface area contributed by atoms with E-state index in [9.17, 15) is 13.2 Å². The highest BCUT2D eigenvalue weighted by molar-refractivity contribution is 7.90. The van der Waals surface area contributed by atoms with Crippen molar-refractivity contribution in [1.29, 1.82) is 0 Å². The number of aromatic nitrogens is 4. The number of carbonyl (C=O) groups is 1. The van der Waals surface area contributed by atoms with Gasteiger partial charge in [0, 0.05) is 55.5 Å². The lowest BCUT2D eigenvalue weighted by Crippen LogP contribution is -2.45. The number of sulfone groups is 1. The Balaban J connectivity index is 1.54. The molecule has 0 spiro atoms. The van der Waals surface area contributed by atoms with Crippen LogP contribution in [0.1, 0.15) is 36.0 Å². The third kappa shape index (κ3) is 5.50. The number of rotatable bonds is 9. The molecule has 1 saturated carbocycles. The second-order valence-corrected chi connectivity index (χ2v) is 13.5. The second kappa shape index (κ2) is 10.6. The lowest BCUT2D eigenvalue weighted by atomic mass is 10.0. The number of benzene rings is 1. The number of hydrogen-bond donors (Lipinski definition) is 1. The molecule has 3 aromatic heterocycles. The normalized spacial score (nSPS) is 17.9. The average Bonchev–Trinajstić information content (AvgIpc) is 3.60. The zero-order chi connectivity index (χ0) is 28.9. The number of pyridine rings is 1. The maximum Gasteiger partial charge on any atom is 0.254 e. The van der Waals surface area contributed by atoms with Crippen LogP contribution in [0.25, 0.3) is 33.6 Å². The third-order valence-electron chi connectivity index (χ3n) is 8.00. The van der Waals surface area contributed by atoms with Gasteiger partial charge in [-0.05, 0) is 55.9 Å². The van der Waals surface area contributed by atoms with Crippen molar-refractivity contribution in [2.45, 2.75) is 44.8 Å². The molecular weight excluding hydrogens is 544 g/mol. The van der Waals surface area contributed by atoms with E-state index >= 15 is 0 Å². The van der Waals surface area contributed by atoms with Crippen molar-refractivity contribution in [2.24, 2.45) is 11.7 Å². The Kier molecular flexibility index (Phi) is 7.14. The number of fused-ring (bicyclic) bond motifs is 2. The molecule has 1 aromatic carbocycles. The summed E-state index contributed by atoms with van der Waals surface area (Å²) in [4.78, 5) is 25.1. The van der Waals surface area contributed by atoms with Crippen LogP contribution in [0, 0.1) is 5.92 Å². The van der Waals surface area contributed by atoms with Crippen LogP contribution in [0.2, 0.25) is 0 Å². The fourth-order valence-corrected chi connectivity index (χ4v) is 6.22. The van der Waals surface area contributed by atoms with E-state index in [1.807, 2.05) is 22.8 Å². The number of aryl methyl sites for hydroxylation is 1. The molecule has 4 aromatic rings. The van der Waals surface area contributed by atoms with E-state index in [0.29, 0.717) is 53.1 Å². The monoisotopic (exact) mass is 580 g/mol. The van der Waals surface area contributed by atoms with Gasteiger partial charge in [0.2, 0.25) is 5.88 Å². The molecule has 1 saturated heterocycles. The maximum absolute atomic E-state index is 13.5. The van der Waals surface area contributed by atoms with Crippen LogP contribution in [0.5, 0.6) is 11.6 Å². The van der Waals surface area contributed by atoms with Gasteiger partial charge in [-0.3, -0.25) is 4.79 Å². The van der Waals surface area contributed by atoms with Crippen LogP contribution >= 0.6 is 0 Å². The second-order valence-electron chi connectivity index (χ2n) is 11.3. The molecule has 41 heavy (non-hydrogen) atoms. The minimum Gasteiger partial charge on any atom is -0.494 e. The molecule has 12 heteroatoms. The summed E-state index contributed by atoms with van der Waals surface area (Å²) in [6, 6.07) is 9.29. The number of nitrogens with two attached hydrogens (primary N) is 1. The van der Waals surface area contributed by atoms with Gasteiger partial charge in [-0.2, -0.15) is 4.98 Å². The molecule has 2 N–H and O–H groups in total. The van der Waals surface area contributed by atoms with E-state index < -0.39 is 9.84 Å². The lowest BCUT2D eigenvalue weighted by Gasteiger charge is -2.30. The fourth-order valence-electron chi connectivity index (χ4n) is 5.71. The number of imidazole rings is 1. The van der Waals surface area contributed by atoms with Crippen LogP contribution in [0.15, 0.2) is 30.3 Å². The molecule has 6 rings (SSSR count). The van der Waals surface area contributed by atoms with Gasteiger partial charge in [0.25, 0.3) is 5.91 Å². The topological polar surface area (TPSA) is 135 Å². The van der Waals surface area contributed by atoms with Crippen molar-refractivity contribution >= 4 is 37.8 Å². The SMILES string of the molecule is COc1ccc2cc(-c3nc4cc(C(=O)N5CCC[C@@H](N)C5)cc(OC)c4n3CCS(C)(=O)=O)n(CC3CC3)c2n1. The average molecular weight is 581 g/mol. The molecule has 1 aliphatic carbocycles. The van der Waals surface area contributed by atoms with Crippen LogP contribution in [0.4, 0.5) is 0 Å². The molecular formula is C29H36N6O5S. The van der Waals surface area contributed by atoms with E-state index in [4.69, 9.17) is 25.2 Å².